The molecule has 0 fully saturated rings. The van der Waals surface area contributed by atoms with Crippen LogP contribution in [0, 0.1) is 30.6 Å². The molecular weight excluding hydrogens is 508 g/mol. The first-order chi connectivity index (χ1) is 18.5. The third kappa shape index (κ3) is 8.23. The molecule has 0 radical (unpaired) electrons. The molecule has 0 amide bonds. The predicted molar refractivity (Wildman–Crippen MR) is 139 cm³/mol. The lowest BCUT2D eigenvalue weighted by atomic mass is 9.64. The van der Waals surface area contributed by atoms with Gasteiger partial charge in [0, 0.05) is 24.3 Å². The van der Waals surface area contributed by atoms with Gasteiger partial charge in [-0.15, -0.1) is 0 Å². The average molecular weight is 549 g/mol. The summed E-state index contributed by atoms with van der Waals surface area (Å²) in [6.45, 7) is 7.47. The van der Waals surface area contributed by atoms with E-state index in [0.29, 0.717) is 42.0 Å². The van der Waals surface area contributed by atoms with Crippen LogP contribution in [0.1, 0.15) is 70.8 Å². The van der Waals surface area contributed by atoms with Crippen LogP contribution in [-0.4, -0.2) is 56.5 Å². The van der Waals surface area contributed by atoms with Crippen molar-refractivity contribution in [2.24, 2.45) is 23.7 Å². The number of carbonyl (C=O) groups is 3. The zero-order chi connectivity index (χ0) is 28.7. The van der Waals surface area contributed by atoms with Crippen molar-refractivity contribution < 1.29 is 43.8 Å². The summed E-state index contributed by atoms with van der Waals surface area (Å²) in [6, 6.07) is 1.75. The number of carboxylic acid groups (broad SMARTS) is 1. The lowest BCUT2D eigenvalue weighted by Crippen LogP contribution is -2.45. The summed E-state index contributed by atoms with van der Waals surface area (Å²) < 4.78 is 11.0. The third-order valence-corrected chi connectivity index (χ3v) is 7.62. The van der Waals surface area contributed by atoms with E-state index in [-0.39, 0.29) is 49.0 Å². The SMILES string of the molecule is CCC(C)C(=O)OC1CC=C(NOCc2cc(C)on2)C2=CC(=O)C(C)C(CCC(O)CC(O)CC(=O)O)C21. The maximum Gasteiger partial charge on any atom is 0.308 e. The third-order valence-electron chi connectivity index (χ3n) is 7.62. The van der Waals surface area contributed by atoms with Crippen LogP contribution in [0.25, 0.3) is 0 Å². The minimum Gasteiger partial charge on any atom is -0.481 e. The summed E-state index contributed by atoms with van der Waals surface area (Å²) in [5, 5.41) is 33.2. The molecule has 0 saturated heterocycles. The van der Waals surface area contributed by atoms with E-state index in [1.807, 2.05) is 26.8 Å². The number of hydrogen-bond donors (Lipinski definition) is 4. The number of carbonyl (C=O) groups excluding carboxylic acids is 2. The van der Waals surface area contributed by atoms with Crippen molar-refractivity contribution in [1.82, 2.24) is 10.6 Å². The predicted octanol–water partition coefficient (Wildman–Crippen LogP) is 2.99. The fourth-order valence-electron chi connectivity index (χ4n) is 5.22. The summed E-state index contributed by atoms with van der Waals surface area (Å²) in [5.41, 5.74) is 4.82. The number of rotatable bonds is 14. The molecule has 11 heteroatoms. The fourth-order valence-corrected chi connectivity index (χ4v) is 5.22. The Morgan fingerprint density at radius 2 is 2.03 bits per heavy atom. The highest BCUT2D eigenvalue weighted by Crippen LogP contribution is 2.45. The molecule has 0 spiro atoms. The number of hydrogen-bond acceptors (Lipinski definition) is 10. The molecule has 1 aromatic heterocycles. The number of aliphatic carboxylic acids is 1. The molecule has 0 bridgehead atoms. The minimum absolute atomic E-state index is 0.0801. The van der Waals surface area contributed by atoms with Crippen molar-refractivity contribution in [1.29, 1.82) is 0 Å². The Hall–Kier alpha value is -3.02. The highest BCUT2D eigenvalue weighted by molar-refractivity contribution is 5.94. The zero-order valence-corrected chi connectivity index (χ0v) is 23.0. The highest BCUT2D eigenvalue weighted by atomic mass is 16.6. The van der Waals surface area contributed by atoms with Gasteiger partial charge in [0.25, 0.3) is 0 Å². The van der Waals surface area contributed by atoms with Gasteiger partial charge in [-0.25, -0.2) is 0 Å². The number of fused-ring (bicyclic) bond motifs is 1. The summed E-state index contributed by atoms with van der Waals surface area (Å²) in [6.07, 6.45) is 2.00. The molecule has 11 nitrogen and oxygen atoms in total. The molecule has 1 aromatic rings. The number of aliphatic hydroxyl groups excluding tert-OH is 2. The van der Waals surface area contributed by atoms with Crippen LogP contribution < -0.4 is 5.48 Å². The van der Waals surface area contributed by atoms with Gasteiger partial charge >= 0.3 is 11.9 Å². The number of ether oxygens (including phenoxy) is 1. The van der Waals surface area contributed by atoms with Crippen LogP contribution in [0.4, 0.5) is 0 Å². The van der Waals surface area contributed by atoms with E-state index in [4.69, 9.17) is 19.2 Å². The molecule has 216 valence electrons. The quantitative estimate of drug-likeness (QED) is 0.199. The van der Waals surface area contributed by atoms with Gasteiger partial charge in [-0.1, -0.05) is 32.0 Å². The number of aromatic nitrogens is 1. The van der Waals surface area contributed by atoms with Crippen LogP contribution in [0.3, 0.4) is 0 Å². The molecule has 7 atom stereocenters. The van der Waals surface area contributed by atoms with E-state index in [1.54, 1.807) is 19.1 Å². The Bertz CT molecular complexity index is 1080. The Morgan fingerprint density at radius 3 is 2.67 bits per heavy atom. The van der Waals surface area contributed by atoms with E-state index >= 15 is 0 Å². The van der Waals surface area contributed by atoms with Gasteiger partial charge in [-0.3, -0.25) is 24.7 Å². The van der Waals surface area contributed by atoms with Crippen molar-refractivity contribution in [2.75, 3.05) is 0 Å². The van der Waals surface area contributed by atoms with Gasteiger partial charge < -0.3 is 24.6 Å². The van der Waals surface area contributed by atoms with Crippen molar-refractivity contribution in [2.45, 2.75) is 91.1 Å². The van der Waals surface area contributed by atoms with Gasteiger partial charge in [0.05, 0.1) is 30.2 Å². The molecule has 2 aliphatic carbocycles. The first kappa shape index (κ1) is 30.5. The fraction of sp³-hybridized carbons (Fsp3) is 0.643. The highest BCUT2D eigenvalue weighted by Gasteiger charge is 2.45. The summed E-state index contributed by atoms with van der Waals surface area (Å²) in [4.78, 5) is 42.3. The van der Waals surface area contributed by atoms with Crippen LogP contribution in [0.15, 0.2) is 34.0 Å². The molecule has 0 saturated carbocycles. The molecule has 1 heterocycles. The number of esters is 1. The van der Waals surface area contributed by atoms with E-state index in [9.17, 15) is 24.6 Å². The van der Waals surface area contributed by atoms with E-state index in [2.05, 4.69) is 10.6 Å². The smallest absolute Gasteiger partial charge is 0.308 e. The maximum absolute atomic E-state index is 13.1. The van der Waals surface area contributed by atoms with Crippen LogP contribution >= 0.6 is 0 Å². The normalized spacial score (nSPS) is 25.1. The largest absolute Gasteiger partial charge is 0.481 e. The van der Waals surface area contributed by atoms with E-state index in [1.165, 1.54) is 0 Å². The Labute approximate surface area is 228 Å². The van der Waals surface area contributed by atoms with Crippen LogP contribution in [-0.2, 0) is 30.6 Å². The number of nitrogens with one attached hydrogen (secondary N) is 1. The Balaban J connectivity index is 1.79. The number of carboxylic acids is 1. The first-order valence-electron chi connectivity index (χ1n) is 13.5. The van der Waals surface area contributed by atoms with Gasteiger partial charge in [0.1, 0.15) is 24.2 Å². The van der Waals surface area contributed by atoms with Gasteiger partial charge in [0.2, 0.25) is 0 Å². The Kier molecular flexibility index (Phi) is 10.8. The van der Waals surface area contributed by atoms with Gasteiger partial charge in [0.15, 0.2) is 5.78 Å². The molecule has 39 heavy (non-hydrogen) atoms. The topological polar surface area (TPSA) is 168 Å². The van der Waals surface area contributed by atoms with Crippen LogP contribution in [0.5, 0.6) is 0 Å². The summed E-state index contributed by atoms with van der Waals surface area (Å²) in [7, 11) is 0. The Morgan fingerprint density at radius 1 is 1.28 bits per heavy atom. The lowest BCUT2D eigenvalue weighted by Gasteiger charge is -2.43. The number of hydroxylamine groups is 1. The number of aliphatic hydroxyl groups is 2. The second-order valence-electron chi connectivity index (χ2n) is 10.7. The summed E-state index contributed by atoms with van der Waals surface area (Å²) in [5.74, 6) is -2.12. The van der Waals surface area contributed by atoms with E-state index < -0.39 is 36.6 Å². The first-order valence-corrected chi connectivity index (χ1v) is 13.5. The lowest BCUT2D eigenvalue weighted by molar-refractivity contribution is -0.157. The molecule has 0 aromatic carbocycles. The van der Waals surface area contributed by atoms with Crippen LogP contribution in [0.2, 0.25) is 0 Å². The van der Waals surface area contributed by atoms with E-state index in [0.717, 1.165) is 0 Å². The number of aryl methyl sites for hydroxylation is 1. The monoisotopic (exact) mass is 548 g/mol. The molecule has 0 aliphatic heterocycles. The number of ketones is 1. The molecule has 4 N–H and O–H groups in total. The second kappa shape index (κ2) is 13.9. The standard InChI is InChI=1S/C28H40N2O9/c1-5-15(2)28(36)38-25-9-8-23(30-37-14-18-10-16(3)39-29-18)22-13-24(33)17(4)21(27(22)25)7-6-19(31)11-20(32)12-26(34)35/h8,10,13,15,17,19-21,25,27,30-32H,5-7,9,11-12,14H2,1-4H3,(H,34,35). The molecule has 2 aliphatic rings. The average Bonchev–Trinajstić information content (AvgIpc) is 3.29. The maximum atomic E-state index is 13.1. The van der Waals surface area contributed by atoms with Gasteiger partial charge in [-0.05, 0) is 50.2 Å². The van der Waals surface area contributed by atoms with Gasteiger partial charge in [-0.2, -0.15) is 0 Å². The minimum atomic E-state index is -1.17. The zero-order valence-electron chi connectivity index (χ0n) is 23.0. The molecule has 7 unspecified atom stereocenters. The molecular formula is C28H40N2O9. The molecule has 3 rings (SSSR count). The van der Waals surface area contributed by atoms with Crippen molar-refractivity contribution in [3.05, 3.63) is 40.9 Å². The van der Waals surface area contributed by atoms with Crippen molar-refractivity contribution >= 4 is 17.7 Å². The second-order valence-corrected chi connectivity index (χ2v) is 10.7. The van der Waals surface area contributed by atoms with Crippen molar-refractivity contribution in [3.63, 3.8) is 0 Å². The summed E-state index contributed by atoms with van der Waals surface area (Å²) >= 11 is 0. The number of allylic oxidation sites excluding steroid dienone is 2. The number of nitrogens with zero attached hydrogens (tertiary/aromatic N) is 1. The van der Waals surface area contributed by atoms with Crippen molar-refractivity contribution in [3.8, 4) is 0 Å².